The smallest absolute Gasteiger partial charge is 0.151 e. The first kappa shape index (κ1) is 12.6. The molecule has 18 heavy (non-hydrogen) atoms. The minimum atomic E-state index is -2.65. The quantitative estimate of drug-likeness (QED) is 0.680. The third kappa shape index (κ3) is 1.99. The summed E-state index contributed by atoms with van der Waals surface area (Å²) in [6, 6.07) is 9.00. The van der Waals surface area contributed by atoms with E-state index in [0.717, 1.165) is 10.8 Å². The van der Waals surface area contributed by atoms with Crippen molar-refractivity contribution in [2.24, 2.45) is 0 Å². The van der Waals surface area contributed by atoms with E-state index in [1.807, 2.05) is 24.3 Å². The van der Waals surface area contributed by atoms with Crippen LogP contribution in [0.1, 0.15) is 20.7 Å². The van der Waals surface area contributed by atoms with Crippen LogP contribution in [0.2, 0.25) is 0 Å². The second-order valence-corrected chi connectivity index (χ2v) is 7.68. The van der Waals surface area contributed by atoms with Crippen molar-refractivity contribution in [1.29, 1.82) is 0 Å². The minimum Gasteiger partial charge on any atom is -0.298 e. The zero-order valence-electron chi connectivity index (χ0n) is 10.2. The fraction of sp³-hybridized carbons (Fsp3) is 0.143. The number of rotatable bonds is 3. The summed E-state index contributed by atoms with van der Waals surface area (Å²) in [4.78, 5) is 22.8. The van der Waals surface area contributed by atoms with Crippen molar-refractivity contribution in [2.45, 2.75) is 4.90 Å². The van der Waals surface area contributed by atoms with Gasteiger partial charge in [-0.2, -0.15) is 0 Å². The number of benzene rings is 2. The number of hydrogen-bond donors (Lipinski definition) is 1. The van der Waals surface area contributed by atoms with E-state index in [9.17, 15) is 13.8 Å². The monoisotopic (exact) mass is 262 g/mol. The van der Waals surface area contributed by atoms with Crippen LogP contribution in [0.15, 0.2) is 35.2 Å². The van der Waals surface area contributed by atoms with Crippen LogP contribution in [0, 0.1) is 0 Å². The van der Waals surface area contributed by atoms with Gasteiger partial charge in [-0.3, -0.25) is 13.8 Å². The van der Waals surface area contributed by atoms with E-state index in [0.29, 0.717) is 23.0 Å². The zero-order valence-corrected chi connectivity index (χ0v) is 11.1. The van der Waals surface area contributed by atoms with E-state index in [-0.39, 0.29) is 5.56 Å². The summed E-state index contributed by atoms with van der Waals surface area (Å²) in [5.41, 5.74) is 0.541. The molecule has 0 aliphatic rings. The lowest BCUT2D eigenvalue weighted by Gasteiger charge is -2.19. The molecule has 2 aromatic rings. The second kappa shape index (κ2) is 4.46. The highest BCUT2D eigenvalue weighted by Crippen LogP contribution is 2.30. The fourth-order valence-electron chi connectivity index (χ4n) is 2.17. The third-order valence-corrected chi connectivity index (χ3v) is 4.44. The van der Waals surface area contributed by atoms with Gasteiger partial charge >= 0.3 is 0 Å². The largest absolute Gasteiger partial charge is 0.298 e. The lowest BCUT2D eigenvalue weighted by atomic mass is 10.0. The average molecular weight is 262 g/mol. The molecule has 0 amide bonds. The Morgan fingerprint density at radius 1 is 1.06 bits per heavy atom. The fourth-order valence-corrected chi connectivity index (χ4v) is 3.71. The summed E-state index contributed by atoms with van der Waals surface area (Å²) >= 11 is 0. The molecule has 0 N–H and O–H groups in total. The molecular formula is C14H14O3S. The third-order valence-electron chi connectivity index (χ3n) is 2.88. The molecule has 0 fully saturated rings. The van der Waals surface area contributed by atoms with Gasteiger partial charge in [0.25, 0.3) is 0 Å². The zero-order chi connectivity index (χ0) is 13.3. The first-order valence-electron chi connectivity index (χ1n) is 5.50. The molecule has 0 aliphatic heterocycles. The van der Waals surface area contributed by atoms with Crippen LogP contribution in [-0.2, 0) is 9.93 Å². The SMILES string of the molecule is C[SH](C)(=O)c1c(C=O)c(C=O)cc2ccccc12. The molecular weight excluding hydrogens is 248 g/mol. The van der Waals surface area contributed by atoms with Gasteiger partial charge in [0.15, 0.2) is 12.6 Å². The number of thiol groups is 1. The van der Waals surface area contributed by atoms with Gasteiger partial charge in [0, 0.05) is 16.0 Å². The molecule has 0 bridgehead atoms. The molecule has 2 aromatic carbocycles. The normalized spacial score (nSPS) is 12.3. The van der Waals surface area contributed by atoms with Crippen molar-refractivity contribution < 1.29 is 13.8 Å². The van der Waals surface area contributed by atoms with Gasteiger partial charge in [-0.25, -0.2) is 0 Å². The lowest BCUT2D eigenvalue weighted by Crippen LogP contribution is -2.12. The van der Waals surface area contributed by atoms with Gasteiger partial charge in [-0.15, -0.1) is 0 Å². The molecule has 0 aliphatic carbocycles. The standard InChI is InChI=1S/C14H14O3S/c1-18(2,17)14-12-6-4-3-5-10(12)7-11(8-15)13(14)9-16/h3-9,18H,1-2H3. The van der Waals surface area contributed by atoms with Gasteiger partial charge in [-0.1, -0.05) is 34.2 Å². The lowest BCUT2D eigenvalue weighted by molar-refractivity contribution is 0.109. The van der Waals surface area contributed by atoms with Crippen LogP contribution in [0.3, 0.4) is 0 Å². The Balaban J connectivity index is 3.05. The maximum Gasteiger partial charge on any atom is 0.151 e. The number of carbonyl (C=O) groups is 2. The van der Waals surface area contributed by atoms with E-state index in [2.05, 4.69) is 0 Å². The molecule has 2 rings (SSSR count). The highest BCUT2D eigenvalue weighted by molar-refractivity contribution is 8.02. The van der Waals surface area contributed by atoms with Crippen LogP contribution >= 0.6 is 0 Å². The maximum absolute atomic E-state index is 12.4. The van der Waals surface area contributed by atoms with Crippen molar-refractivity contribution in [3.63, 3.8) is 0 Å². The number of aldehydes is 2. The molecule has 3 nitrogen and oxygen atoms in total. The molecule has 0 aromatic heterocycles. The number of fused-ring (bicyclic) bond motifs is 1. The van der Waals surface area contributed by atoms with E-state index >= 15 is 0 Å². The first-order valence-corrected chi connectivity index (χ1v) is 8.11. The van der Waals surface area contributed by atoms with Gasteiger partial charge in [-0.05, 0) is 29.4 Å². The molecule has 0 saturated heterocycles. The predicted molar refractivity (Wildman–Crippen MR) is 74.4 cm³/mol. The van der Waals surface area contributed by atoms with Crippen molar-refractivity contribution >= 4 is 33.3 Å². The molecule has 0 heterocycles. The van der Waals surface area contributed by atoms with Gasteiger partial charge in [0.2, 0.25) is 0 Å². The minimum absolute atomic E-state index is 0.247. The molecule has 4 heteroatoms. The van der Waals surface area contributed by atoms with Crippen LogP contribution < -0.4 is 0 Å². The van der Waals surface area contributed by atoms with E-state index in [1.54, 1.807) is 18.6 Å². The van der Waals surface area contributed by atoms with Crippen molar-refractivity contribution in [1.82, 2.24) is 0 Å². The number of carbonyl (C=O) groups excluding carboxylic acids is 2. The summed E-state index contributed by atoms with van der Waals surface area (Å²) in [5, 5.41) is 1.60. The van der Waals surface area contributed by atoms with Crippen molar-refractivity contribution in [3.8, 4) is 0 Å². The van der Waals surface area contributed by atoms with Crippen LogP contribution in [0.4, 0.5) is 0 Å². The summed E-state index contributed by atoms with van der Waals surface area (Å²) in [6.07, 6.45) is 4.47. The van der Waals surface area contributed by atoms with E-state index in [1.165, 1.54) is 0 Å². The summed E-state index contributed by atoms with van der Waals surface area (Å²) in [6.45, 7) is 0. The molecule has 0 radical (unpaired) electrons. The molecule has 0 saturated carbocycles. The highest BCUT2D eigenvalue weighted by Gasteiger charge is 2.18. The van der Waals surface area contributed by atoms with Crippen LogP contribution in [-0.4, -0.2) is 29.3 Å². The molecule has 0 unspecified atom stereocenters. The van der Waals surface area contributed by atoms with Crippen molar-refractivity contribution in [3.05, 3.63) is 41.5 Å². The Kier molecular flexibility index (Phi) is 3.13. The van der Waals surface area contributed by atoms with Crippen LogP contribution in [0.25, 0.3) is 10.8 Å². The summed E-state index contributed by atoms with van der Waals surface area (Å²) in [7, 11) is -2.65. The first-order chi connectivity index (χ1) is 8.49. The number of hydrogen-bond acceptors (Lipinski definition) is 3. The maximum atomic E-state index is 12.4. The summed E-state index contributed by atoms with van der Waals surface area (Å²) < 4.78 is 12.4. The Morgan fingerprint density at radius 3 is 2.28 bits per heavy atom. The Bertz CT molecular complexity index is 683. The topological polar surface area (TPSA) is 51.2 Å². The Labute approximate surface area is 106 Å². The van der Waals surface area contributed by atoms with E-state index < -0.39 is 9.93 Å². The average Bonchev–Trinajstić information content (AvgIpc) is 2.34. The Hall–Kier alpha value is -1.81. The molecule has 0 atom stereocenters. The second-order valence-electron chi connectivity index (χ2n) is 4.54. The molecule has 94 valence electrons. The van der Waals surface area contributed by atoms with Gasteiger partial charge in [0.1, 0.15) is 0 Å². The van der Waals surface area contributed by atoms with Gasteiger partial charge < -0.3 is 0 Å². The van der Waals surface area contributed by atoms with Gasteiger partial charge in [0.05, 0.1) is 0 Å². The van der Waals surface area contributed by atoms with Crippen molar-refractivity contribution in [2.75, 3.05) is 12.5 Å². The predicted octanol–water partition coefficient (Wildman–Crippen LogP) is 2.10. The summed E-state index contributed by atoms with van der Waals surface area (Å²) in [5.74, 6) is 0. The van der Waals surface area contributed by atoms with E-state index in [4.69, 9.17) is 0 Å². The van der Waals surface area contributed by atoms with Crippen LogP contribution in [0.5, 0.6) is 0 Å². The Morgan fingerprint density at radius 2 is 1.72 bits per heavy atom. The highest BCUT2D eigenvalue weighted by atomic mass is 32.2. The molecule has 0 spiro atoms.